The van der Waals surface area contributed by atoms with Crippen molar-refractivity contribution >= 4 is 27.9 Å². The molecule has 6 heteroatoms. The topological polar surface area (TPSA) is 72.8 Å². The second-order valence-electron chi connectivity index (χ2n) is 4.61. The Morgan fingerprint density at radius 2 is 1.74 bits per heavy atom. The number of carbonyl (C=O) groups is 2. The molecule has 2 aromatic rings. The van der Waals surface area contributed by atoms with Crippen molar-refractivity contribution in [2.24, 2.45) is 0 Å². The minimum Gasteiger partial charge on any atom is -0.478 e. The fourth-order valence-corrected chi connectivity index (χ4v) is 2.36. The molecule has 0 radical (unpaired) electrons. The average Bonchev–Trinajstić information content (AvgIpc) is 2.55. The number of hydrogen-bond acceptors (Lipinski definition) is 4. The fourth-order valence-electron chi connectivity index (χ4n) is 1.89. The summed E-state index contributed by atoms with van der Waals surface area (Å²) < 4.78 is 10.7. The molecule has 0 atom stereocenters. The largest absolute Gasteiger partial charge is 0.478 e. The number of aromatic carboxylic acids is 1. The zero-order valence-corrected chi connectivity index (χ0v) is 14.0. The number of halogens is 1. The van der Waals surface area contributed by atoms with E-state index in [1.807, 2.05) is 0 Å². The molecule has 0 unspecified atom stereocenters. The van der Waals surface area contributed by atoms with Crippen molar-refractivity contribution in [3.05, 3.63) is 59.2 Å². The second-order valence-corrected chi connectivity index (χ2v) is 5.17. The van der Waals surface area contributed by atoms with E-state index in [1.165, 1.54) is 12.1 Å². The first-order chi connectivity index (χ1) is 11.0. The van der Waals surface area contributed by atoms with E-state index < -0.39 is 11.9 Å². The molecule has 0 heterocycles. The second kappa shape index (κ2) is 7.78. The van der Waals surface area contributed by atoms with Crippen molar-refractivity contribution in [1.82, 2.24) is 0 Å². The van der Waals surface area contributed by atoms with Gasteiger partial charge in [0.1, 0.15) is 11.5 Å². The van der Waals surface area contributed by atoms with Crippen LogP contribution in [0.1, 0.15) is 33.2 Å². The standard InChI is InChI=1S/C17H15BrO5/c1-2-22-17(21)11-5-7-14(8-6-11)23-15-9-12(16(19)20)3-4-13(15)10-18/h3-9H,2,10H2,1H3,(H,19,20). The zero-order chi connectivity index (χ0) is 16.8. The quantitative estimate of drug-likeness (QED) is 0.600. The van der Waals surface area contributed by atoms with E-state index in [4.69, 9.17) is 14.6 Å². The SMILES string of the molecule is CCOC(=O)c1ccc(Oc2cc(C(=O)O)ccc2CBr)cc1. The number of rotatable bonds is 6. The minimum absolute atomic E-state index is 0.146. The monoisotopic (exact) mass is 378 g/mol. The molecule has 0 amide bonds. The third kappa shape index (κ3) is 4.32. The maximum absolute atomic E-state index is 11.6. The van der Waals surface area contributed by atoms with Crippen molar-refractivity contribution in [2.45, 2.75) is 12.3 Å². The molecule has 0 saturated carbocycles. The highest BCUT2D eigenvalue weighted by Crippen LogP contribution is 2.28. The van der Waals surface area contributed by atoms with E-state index in [1.54, 1.807) is 37.3 Å². The highest BCUT2D eigenvalue weighted by Gasteiger charge is 2.11. The lowest BCUT2D eigenvalue weighted by Crippen LogP contribution is -2.04. The van der Waals surface area contributed by atoms with Crippen molar-refractivity contribution in [2.75, 3.05) is 6.61 Å². The Kier molecular flexibility index (Phi) is 5.76. The number of alkyl halides is 1. The van der Waals surface area contributed by atoms with E-state index in [0.29, 0.717) is 29.0 Å². The van der Waals surface area contributed by atoms with Crippen LogP contribution in [0.5, 0.6) is 11.5 Å². The average molecular weight is 379 g/mol. The smallest absolute Gasteiger partial charge is 0.338 e. The summed E-state index contributed by atoms with van der Waals surface area (Å²) in [5, 5.41) is 9.60. The summed E-state index contributed by atoms with van der Waals surface area (Å²) in [6.07, 6.45) is 0. The molecule has 0 bridgehead atoms. The van der Waals surface area contributed by atoms with E-state index in [2.05, 4.69) is 15.9 Å². The van der Waals surface area contributed by atoms with Gasteiger partial charge in [-0.1, -0.05) is 22.0 Å². The van der Waals surface area contributed by atoms with Gasteiger partial charge in [0, 0.05) is 10.9 Å². The normalized spacial score (nSPS) is 10.2. The van der Waals surface area contributed by atoms with Crippen LogP contribution in [0.15, 0.2) is 42.5 Å². The maximum Gasteiger partial charge on any atom is 0.338 e. The van der Waals surface area contributed by atoms with Gasteiger partial charge in [-0.05, 0) is 43.3 Å². The zero-order valence-electron chi connectivity index (χ0n) is 12.4. The number of ether oxygens (including phenoxy) is 2. The number of esters is 1. The lowest BCUT2D eigenvalue weighted by atomic mass is 10.1. The lowest BCUT2D eigenvalue weighted by molar-refractivity contribution is 0.0525. The van der Waals surface area contributed by atoms with Crippen molar-refractivity contribution in [3.8, 4) is 11.5 Å². The van der Waals surface area contributed by atoms with Crippen LogP contribution < -0.4 is 4.74 Å². The van der Waals surface area contributed by atoms with Gasteiger partial charge in [0.05, 0.1) is 17.7 Å². The molecule has 0 saturated heterocycles. The van der Waals surface area contributed by atoms with Crippen molar-refractivity contribution in [1.29, 1.82) is 0 Å². The molecule has 0 aliphatic heterocycles. The number of benzene rings is 2. The third-order valence-corrected chi connectivity index (χ3v) is 3.66. The summed E-state index contributed by atoms with van der Waals surface area (Å²) in [6.45, 7) is 2.06. The van der Waals surface area contributed by atoms with E-state index in [0.717, 1.165) is 5.56 Å². The van der Waals surface area contributed by atoms with Crippen molar-refractivity contribution in [3.63, 3.8) is 0 Å². The molecule has 0 aromatic heterocycles. The highest BCUT2D eigenvalue weighted by atomic mass is 79.9. The minimum atomic E-state index is -1.02. The first-order valence-corrected chi connectivity index (χ1v) is 8.04. The van der Waals surface area contributed by atoms with Gasteiger partial charge in [0.15, 0.2) is 0 Å². The Balaban J connectivity index is 2.23. The van der Waals surface area contributed by atoms with Gasteiger partial charge in [0.25, 0.3) is 0 Å². The van der Waals surface area contributed by atoms with Gasteiger partial charge < -0.3 is 14.6 Å². The van der Waals surface area contributed by atoms with Crippen molar-refractivity contribution < 1.29 is 24.2 Å². The lowest BCUT2D eigenvalue weighted by Gasteiger charge is -2.11. The van der Waals surface area contributed by atoms with Crippen LogP contribution in [0, 0.1) is 0 Å². The van der Waals surface area contributed by atoms with Crippen LogP contribution in [-0.4, -0.2) is 23.7 Å². The van der Waals surface area contributed by atoms with Gasteiger partial charge in [-0.2, -0.15) is 0 Å². The molecule has 2 rings (SSSR count). The Morgan fingerprint density at radius 1 is 1.09 bits per heavy atom. The third-order valence-electron chi connectivity index (χ3n) is 3.05. The van der Waals surface area contributed by atoms with E-state index in [-0.39, 0.29) is 5.56 Å². The van der Waals surface area contributed by atoms with Gasteiger partial charge in [-0.15, -0.1) is 0 Å². The number of carbonyl (C=O) groups excluding carboxylic acids is 1. The van der Waals surface area contributed by atoms with Crippen LogP contribution in [0.3, 0.4) is 0 Å². The summed E-state index contributed by atoms with van der Waals surface area (Å²) in [4.78, 5) is 22.7. The molecule has 5 nitrogen and oxygen atoms in total. The van der Waals surface area contributed by atoms with Crippen LogP contribution in [-0.2, 0) is 10.1 Å². The first-order valence-electron chi connectivity index (χ1n) is 6.92. The first kappa shape index (κ1) is 17.0. The van der Waals surface area contributed by atoms with Crippen LogP contribution in [0.25, 0.3) is 0 Å². The van der Waals surface area contributed by atoms with Gasteiger partial charge in [-0.3, -0.25) is 0 Å². The molecular weight excluding hydrogens is 364 g/mol. The fraction of sp³-hybridized carbons (Fsp3) is 0.176. The summed E-state index contributed by atoms with van der Waals surface area (Å²) >= 11 is 3.34. The molecule has 0 aliphatic rings. The maximum atomic E-state index is 11.6. The van der Waals surface area contributed by atoms with E-state index in [9.17, 15) is 9.59 Å². The summed E-state index contributed by atoms with van der Waals surface area (Å²) in [6, 6.07) is 11.2. The number of carboxylic acids is 1. The Labute approximate surface area is 142 Å². The molecule has 0 spiro atoms. The van der Waals surface area contributed by atoms with Crippen LogP contribution in [0.4, 0.5) is 0 Å². The Bertz CT molecular complexity index is 709. The number of carboxylic acid groups (broad SMARTS) is 1. The number of hydrogen-bond donors (Lipinski definition) is 1. The van der Waals surface area contributed by atoms with Gasteiger partial charge in [0.2, 0.25) is 0 Å². The molecule has 2 aromatic carbocycles. The molecular formula is C17H15BrO5. The predicted molar refractivity (Wildman–Crippen MR) is 88.5 cm³/mol. The predicted octanol–water partition coefficient (Wildman–Crippen LogP) is 4.25. The molecule has 0 aliphatic carbocycles. The van der Waals surface area contributed by atoms with E-state index >= 15 is 0 Å². The summed E-state index contributed by atoms with van der Waals surface area (Å²) in [5.41, 5.74) is 1.40. The highest BCUT2D eigenvalue weighted by molar-refractivity contribution is 9.08. The molecule has 1 N–H and O–H groups in total. The van der Waals surface area contributed by atoms with Crippen LogP contribution in [0.2, 0.25) is 0 Å². The molecule has 0 fully saturated rings. The van der Waals surface area contributed by atoms with Gasteiger partial charge in [-0.25, -0.2) is 9.59 Å². The summed E-state index contributed by atoms with van der Waals surface area (Å²) in [5.74, 6) is -0.463. The molecule has 120 valence electrons. The summed E-state index contributed by atoms with van der Waals surface area (Å²) in [7, 11) is 0. The van der Waals surface area contributed by atoms with Gasteiger partial charge >= 0.3 is 11.9 Å². The Hall–Kier alpha value is -2.34. The Morgan fingerprint density at radius 3 is 2.30 bits per heavy atom. The molecule has 23 heavy (non-hydrogen) atoms. The van der Waals surface area contributed by atoms with Crippen LogP contribution >= 0.6 is 15.9 Å².